The average molecular weight is 156 g/mol. The Labute approximate surface area is 65.1 Å². The molecular weight excluding hydrogens is 144 g/mol. The first-order valence-electron chi connectivity index (χ1n) is 4.11. The van der Waals surface area contributed by atoms with Gasteiger partial charge in [-0.1, -0.05) is 0 Å². The van der Waals surface area contributed by atoms with Crippen LogP contribution in [0.5, 0.6) is 0 Å². The maximum atomic E-state index is 10.3. The van der Waals surface area contributed by atoms with Crippen LogP contribution in [0.4, 0.5) is 0 Å². The smallest absolute Gasteiger partial charge is 0.0580 e. The fourth-order valence-electron chi connectivity index (χ4n) is 2.26. The van der Waals surface area contributed by atoms with Gasteiger partial charge in [-0.05, 0) is 25.7 Å². The molecule has 2 rings (SSSR count). The van der Waals surface area contributed by atoms with Gasteiger partial charge in [0.2, 0.25) is 0 Å². The van der Waals surface area contributed by atoms with E-state index >= 15 is 0 Å². The SMILES string of the molecule is O=NN1[C@@H]2CC[C@H]1C[C@@H](O)C2. The summed E-state index contributed by atoms with van der Waals surface area (Å²) in [5, 5.41) is 13.9. The Bertz CT molecular complexity index is 160. The second kappa shape index (κ2) is 2.44. The van der Waals surface area contributed by atoms with Crippen molar-refractivity contribution in [3.8, 4) is 0 Å². The second-order valence-corrected chi connectivity index (χ2v) is 3.47. The van der Waals surface area contributed by atoms with Gasteiger partial charge in [-0.3, -0.25) is 5.01 Å². The molecule has 3 atom stereocenters. The number of aliphatic hydroxyl groups excluding tert-OH is 1. The molecule has 1 N–H and O–H groups in total. The van der Waals surface area contributed by atoms with Crippen molar-refractivity contribution in [3.63, 3.8) is 0 Å². The van der Waals surface area contributed by atoms with E-state index in [-0.39, 0.29) is 18.2 Å². The predicted molar refractivity (Wildman–Crippen MR) is 39.7 cm³/mol. The van der Waals surface area contributed by atoms with E-state index in [0.717, 1.165) is 25.7 Å². The minimum absolute atomic E-state index is 0.203. The molecule has 2 fully saturated rings. The molecule has 0 unspecified atom stereocenters. The fourth-order valence-corrected chi connectivity index (χ4v) is 2.26. The van der Waals surface area contributed by atoms with Gasteiger partial charge in [-0.25, -0.2) is 0 Å². The Kier molecular flexibility index (Phi) is 1.56. The summed E-state index contributed by atoms with van der Waals surface area (Å²) in [6, 6.07) is 0.447. The van der Waals surface area contributed by atoms with E-state index in [1.165, 1.54) is 0 Å². The molecule has 4 nitrogen and oxygen atoms in total. The highest BCUT2D eigenvalue weighted by Gasteiger charge is 2.40. The standard InChI is InChI=1S/C7H12N2O2/c10-7-3-5-1-2-6(4-7)9(5)8-11/h5-7,10H,1-4H2/t5-,6+,7+. The van der Waals surface area contributed by atoms with Crippen molar-refractivity contribution in [2.45, 2.75) is 43.9 Å². The Morgan fingerprint density at radius 2 is 1.82 bits per heavy atom. The molecule has 62 valence electrons. The van der Waals surface area contributed by atoms with Crippen molar-refractivity contribution in [2.75, 3.05) is 0 Å². The van der Waals surface area contributed by atoms with Crippen molar-refractivity contribution < 1.29 is 5.11 Å². The van der Waals surface area contributed by atoms with Crippen molar-refractivity contribution >= 4 is 0 Å². The van der Waals surface area contributed by atoms with Gasteiger partial charge in [0, 0.05) is 0 Å². The molecule has 0 aliphatic carbocycles. The van der Waals surface area contributed by atoms with Crippen LogP contribution in [0, 0.1) is 4.91 Å². The van der Waals surface area contributed by atoms with Crippen LogP contribution < -0.4 is 0 Å². The van der Waals surface area contributed by atoms with Crippen molar-refractivity contribution in [1.82, 2.24) is 5.01 Å². The third-order valence-corrected chi connectivity index (χ3v) is 2.76. The van der Waals surface area contributed by atoms with E-state index in [9.17, 15) is 10.0 Å². The van der Waals surface area contributed by atoms with E-state index in [4.69, 9.17) is 0 Å². The summed E-state index contributed by atoms with van der Waals surface area (Å²) in [5.41, 5.74) is 0. The van der Waals surface area contributed by atoms with Gasteiger partial charge in [0.25, 0.3) is 0 Å². The maximum absolute atomic E-state index is 10.3. The second-order valence-electron chi connectivity index (χ2n) is 3.47. The number of hydrogen-bond acceptors (Lipinski definition) is 3. The predicted octanol–water partition coefficient (Wildman–Crippen LogP) is 0.655. The van der Waals surface area contributed by atoms with Crippen LogP contribution in [0.15, 0.2) is 5.29 Å². The molecule has 0 amide bonds. The van der Waals surface area contributed by atoms with Crippen LogP contribution in [0.1, 0.15) is 25.7 Å². The number of aliphatic hydroxyl groups is 1. The van der Waals surface area contributed by atoms with Gasteiger partial charge in [0.15, 0.2) is 0 Å². The summed E-state index contributed by atoms with van der Waals surface area (Å²) in [6.45, 7) is 0. The van der Waals surface area contributed by atoms with Crippen LogP contribution >= 0.6 is 0 Å². The van der Waals surface area contributed by atoms with Gasteiger partial charge in [0.05, 0.1) is 23.5 Å². The quantitative estimate of drug-likeness (QED) is 0.567. The Hall–Kier alpha value is -0.640. The molecule has 0 saturated carbocycles. The highest BCUT2D eigenvalue weighted by Crippen LogP contribution is 2.35. The van der Waals surface area contributed by atoms with Crippen LogP contribution in [0.3, 0.4) is 0 Å². The molecule has 2 heterocycles. The molecule has 2 bridgehead atoms. The normalized spacial score (nSPS) is 42.6. The van der Waals surface area contributed by atoms with Crippen LogP contribution in [-0.2, 0) is 0 Å². The number of rotatable bonds is 1. The Balaban J connectivity index is 2.12. The molecule has 0 aromatic carbocycles. The molecule has 11 heavy (non-hydrogen) atoms. The minimum Gasteiger partial charge on any atom is -0.393 e. The number of fused-ring (bicyclic) bond motifs is 2. The molecule has 0 radical (unpaired) electrons. The van der Waals surface area contributed by atoms with E-state index in [1.807, 2.05) is 0 Å². The van der Waals surface area contributed by atoms with Crippen LogP contribution in [0.2, 0.25) is 0 Å². The van der Waals surface area contributed by atoms with Crippen LogP contribution in [0.25, 0.3) is 0 Å². The van der Waals surface area contributed by atoms with E-state index in [1.54, 1.807) is 5.01 Å². The van der Waals surface area contributed by atoms with E-state index in [0.29, 0.717) is 0 Å². The number of nitrogens with zero attached hydrogens (tertiary/aromatic N) is 2. The van der Waals surface area contributed by atoms with Gasteiger partial charge in [0.1, 0.15) is 0 Å². The van der Waals surface area contributed by atoms with Gasteiger partial charge in [-0.2, -0.15) is 0 Å². The van der Waals surface area contributed by atoms with Crippen LogP contribution in [-0.4, -0.2) is 28.3 Å². The zero-order valence-corrected chi connectivity index (χ0v) is 6.31. The maximum Gasteiger partial charge on any atom is 0.0580 e. The number of nitroso groups, excluding NO2 is 1. The van der Waals surface area contributed by atoms with Gasteiger partial charge in [-0.15, -0.1) is 4.91 Å². The largest absolute Gasteiger partial charge is 0.393 e. The van der Waals surface area contributed by atoms with E-state index < -0.39 is 0 Å². The molecule has 2 aliphatic rings. The number of piperidine rings is 1. The summed E-state index contributed by atoms with van der Waals surface area (Å²) in [4.78, 5) is 10.3. The summed E-state index contributed by atoms with van der Waals surface area (Å²) in [5.74, 6) is 0. The average Bonchev–Trinajstić information content (AvgIpc) is 2.23. The molecule has 0 aromatic heterocycles. The van der Waals surface area contributed by atoms with Crippen molar-refractivity contribution in [2.24, 2.45) is 5.29 Å². The minimum atomic E-state index is -0.203. The third-order valence-electron chi connectivity index (χ3n) is 2.76. The summed E-state index contributed by atoms with van der Waals surface area (Å²) < 4.78 is 0. The van der Waals surface area contributed by atoms with E-state index in [2.05, 4.69) is 5.29 Å². The molecule has 4 heteroatoms. The zero-order valence-electron chi connectivity index (χ0n) is 6.31. The molecular formula is C7H12N2O2. The first kappa shape index (κ1) is 7.03. The highest BCUT2D eigenvalue weighted by atomic mass is 16.3. The van der Waals surface area contributed by atoms with Gasteiger partial charge < -0.3 is 5.11 Å². The number of hydrogen-bond donors (Lipinski definition) is 1. The lowest BCUT2D eigenvalue weighted by Crippen LogP contribution is -2.40. The molecule has 2 saturated heterocycles. The first-order chi connectivity index (χ1) is 5.31. The first-order valence-corrected chi connectivity index (χ1v) is 4.11. The highest BCUT2D eigenvalue weighted by molar-refractivity contribution is 4.93. The summed E-state index contributed by atoms with van der Waals surface area (Å²) in [6.07, 6.45) is 3.29. The van der Waals surface area contributed by atoms with Crippen molar-refractivity contribution in [1.29, 1.82) is 0 Å². The Morgan fingerprint density at radius 1 is 1.27 bits per heavy atom. The third kappa shape index (κ3) is 1.01. The summed E-state index contributed by atoms with van der Waals surface area (Å²) >= 11 is 0. The zero-order chi connectivity index (χ0) is 7.84. The lowest BCUT2D eigenvalue weighted by molar-refractivity contribution is 0.0360. The molecule has 0 aromatic rings. The van der Waals surface area contributed by atoms with Gasteiger partial charge >= 0.3 is 0 Å². The Morgan fingerprint density at radius 3 is 2.27 bits per heavy atom. The lowest BCUT2D eigenvalue weighted by atomic mass is 10.0. The molecule has 2 aliphatic heterocycles. The summed E-state index contributed by atoms with van der Waals surface area (Å²) in [7, 11) is 0. The fraction of sp³-hybridized carbons (Fsp3) is 1.00. The van der Waals surface area contributed by atoms with Crippen molar-refractivity contribution in [3.05, 3.63) is 4.91 Å². The topological polar surface area (TPSA) is 52.9 Å². The molecule has 0 spiro atoms. The lowest BCUT2D eigenvalue weighted by Gasteiger charge is -2.31. The monoisotopic (exact) mass is 156 g/mol.